The second kappa shape index (κ2) is 30.3. The summed E-state index contributed by atoms with van der Waals surface area (Å²) in [5, 5.41) is 55.3. The molecule has 416 valence electrons. The van der Waals surface area contributed by atoms with Gasteiger partial charge in [-0.1, -0.05) is 39.8 Å². The first-order valence-corrected chi connectivity index (χ1v) is 23.9. The molecule has 1 aromatic carbocycles. The summed E-state index contributed by atoms with van der Waals surface area (Å²) in [6, 6.07) is -8.62. The fourth-order valence-corrected chi connectivity index (χ4v) is 7.52. The lowest BCUT2D eigenvalue weighted by Crippen LogP contribution is -2.61. The highest BCUT2D eigenvalue weighted by Crippen LogP contribution is 2.22. The van der Waals surface area contributed by atoms with E-state index in [4.69, 9.17) is 22.9 Å². The van der Waals surface area contributed by atoms with Gasteiger partial charge in [0.25, 0.3) is 0 Å². The zero-order chi connectivity index (χ0) is 56.9. The molecule has 1 aromatic rings. The number of carboxylic acid groups (broad SMARTS) is 2. The van der Waals surface area contributed by atoms with Crippen LogP contribution >= 0.6 is 0 Å². The van der Waals surface area contributed by atoms with Gasteiger partial charge in [-0.3, -0.25) is 57.5 Å². The minimum Gasteiger partial charge on any atom is -0.508 e. The first-order valence-electron chi connectivity index (χ1n) is 23.9. The Hall–Kier alpha value is -7.95. The number of hydrogen-bond acceptors (Lipinski definition) is 16. The Bertz CT molecular complexity index is 2260. The normalized spacial score (nSPS) is 16.3. The molecule has 29 heteroatoms. The van der Waals surface area contributed by atoms with Crippen LogP contribution in [0, 0.1) is 11.8 Å². The second-order valence-corrected chi connectivity index (χ2v) is 18.6. The number of carbonyl (C=O) groups is 13. The molecule has 0 aromatic heterocycles. The van der Waals surface area contributed by atoms with Crippen molar-refractivity contribution in [3.63, 3.8) is 0 Å². The quantitative estimate of drug-likeness (QED) is 0.0320. The van der Waals surface area contributed by atoms with E-state index in [9.17, 15) is 82.8 Å². The van der Waals surface area contributed by atoms with E-state index in [1.165, 1.54) is 38.1 Å². The molecule has 29 nitrogen and oxygen atoms in total. The van der Waals surface area contributed by atoms with E-state index in [1.54, 1.807) is 13.8 Å². The Labute approximate surface area is 430 Å². The maximum Gasteiger partial charge on any atom is 0.326 e. The molecule has 2 rings (SSSR count). The van der Waals surface area contributed by atoms with Gasteiger partial charge in [-0.05, 0) is 61.6 Å². The molecular weight excluding hydrogens is 993 g/mol. The SMILES string of the molecule is CC(C)[C@H](N)C(=O)N[C@@H](CO)C(=O)N[C@@H](CCC(N)=O)C(=O)N[C@@H](CC(N)=O)C(=O)N[C@@H](Cc1ccc(O)cc1)C(=O)N1CCC[C@H]1C(=O)N[C@@H](CCC(=O)O)C(=O)N[C@H](C(=O)N[C@@H](CCC(N)=O)C(=O)O)C(C)C. The maximum absolute atomic E-state index is 14.6. The molecule has 0 unspecified atom stereocenters. The van der Waals surface area contributed by atoms with Crippen LogP contribution in [0.5, 0.6) is 5.75 Å². The van der Waals surface area contributed by atoms with E-state index in [-0.39, 0.29) is 43.9 Å². The number of primary amides is 3. The van der Waals surface area contributed by atoms with E-state index in [2.05, 4.69) is 37.2 Å². The Morgan fingerprint density at radius 3 is 1.59 bits per heavy atom. The highest BCUT2D eigenvalue weighted by Gasteiger charge is 2.41. The number of rotatable bonds is 32. The van der Waals surface area contributed by atoms with Crippen molar-refractivity contribution in [2.75, 3.05) is 13.2 Å². The van der Waals surface area contributed by atoms with Gasteiger partial charge in [0.15, 0.2) is 0 Å². The first kappa shape index (κ1) is 63.2. The number of carboxylic acids is 2. The maximum atomic E-state index is 14.6. The molecule has 0 spiro atoms. The van der Waals surface area contributed by atoms with Gasteiger partial charge in [0.2, 0.25) is 65.0 Å². The number of phenolic OH excluding ortho intramolecular Hbond substituents is 1. The Kier molecular flexibility index (Phi) is 25.5. The summed E-state index contributed by atoms with van der Waals surface area (Å²) in [7, 11) is 0. The highest BCUT2D eigenvalue weighted by molar-refractivity contribution is 5.99. The summed E-state index contributed by atoms with van der Waals surface area (Å²) in [5.74, 6) is -15.2. The van der Waals surface area contributed by atoms with Crippen molar-refractivity contribution in [2.24, 2.45) is 34.8 Å². The van der Waals surface area contributed by atoms with E-state index in [0.29, 0.717) is 5.56 Å². The minimum absolute atomic E-state index is 0.0201. The number of aliphatic carboxylic acids is 2. The Balaban J connectivity index is 2.48. The van der Waals surface area contributed by atoms with Gasteiger partial charge in [0.05, 0.1) is 19.1 Å². The zero-order valence-corrected chi connectivity index (χ0v) is 42.0. The Morgan fingerprint density at radius 1 is 0.587 bits per heavy atom. The molecule has 9 atom stereocenters. The van der Waals surface area contributed by atoms with Crippen LogP contribution in [0.2, 0.25) is 0 Å². The topological polar surface area (TPSA) is 494 Å². The number of nitrogens with one attached hydrogen (secondary N) is 7. The summed E-state index contributed by atoms with van der Waals surface area (Å²) < 4.78 is 0. The van der Waals surface area contributed by atoms with Crippen LogP contribution in [0.4, 0.5) is 0 Å². The number of carbonyl (C=O) groups excluding carboxylic acids is 11. The monoisotopic (exact) mass is 1060 g/mol. The first-order chi connectivity index (χ1) is 35.1. The third-order valence-electron chi connectivity index (χ3n) is 11.8. The number of benzene rings is 1. The van der Waals surface area contributed by atoms with Crippen LogP contribution in [0.1, 0.15) is 91.0 Å². The van der Waals surface area contributed by atoms with Crippen LogP contribution in [-0.2, 0) is 68.7 Å². The molecule has 75 heavy (non-hydrogen) atoms. The number of phenols is 1. The molecule has 1 heterocycles. The summed E-state index contributed by atoms with van der Waals surface area (Å²) in [6.07, 6.45) is -4.04. The molecule has 1 aliphatic heterocycles. The predicted molar refractivity (Wildman–Crippen MR) is 260 cm³/mol. The second-order valence-electron chi connectivity index (χ2n) is 18.6. The fourth-order valence-electron chi connectivity index (χ4n) is 7.52. The lowest BCUT2D eigenvalue weighted by atomic mass is 10.0. The van der Waals surface area contributed by atoms with Gasteiger partial charge >= 0.3 is 11.9 Å². The zero-order valence-electron chi connectivity index (χ0n) is 42.0. The van der Waals surface area contributed by atoms with Gasteiger partial charge in [-0.15, -0.1) is 0 Å². The average molecular weight is 1060 g/mol. The lowest BCUT2D eigenvalue weighted by Gasteiger charge is -2.31. The van der Waals surface area contributed by atoms with Crippen molar-refractivity contribution in [1.29, 1.82) is 0 Å². The standard InChI is InChI=1S/C46H70N12O17/c1-21(2)36(50)43(71)56-30(20-59)41(69)51-25(11-14-32(47)61)38(66)54-28(19-34(49)63)40(68)55-29(18-23-7-9-24(60)10-8-23)45(73)58-17-5-6-31(58)42(70)52-26(13-16-35(64)65)39(67)57-37(22(3)4)44(72)53-27(46(74)75)12-15-33(48)62/h7-10,21-22,25-31,36-37,59-60H,5-6,11-20,50H2,1-4H3,(H2,47,61)(H2,48,62)(H2,49,63)(H,51,69)(H,52,70)(H,53,72)(H,54,66)(H,55,68)(H,56,71)(H,57,67)(H,64,65)(H,74,75)/t25-,26-,27-,28-,29-,30-,31-,36-,37-/m0/s1. The fraction of sp³-hybridized carbons (Fsp3) is 0.587. The minimum atomic E-state index is -1.89. The van der Waals surface area contributed by atoms with Crippen molar-refractivity contribution >= 4 is 76.9 Å². The van der Waals surface area contributed by atoms with Crippen molar-refractivity contribution in [1.82, 2.24) is 42.1 Å². The lowest BCUT2D eigenvalue weighted by molar-refractivity contribution is -0.143. The van der Waals surface area contributed by atoms with Crippen molar-refractivity contribution in [3.05, 3.63) is 29.8 Å². The van der Waals surface area contributed by atoms with Crippen molar-refractivity contribution < 1.29 is 82.8 Å². The van der Waals surface area contributed by atoms with Crippen LogP contribution in [0.25, 0.3) is 0 Å². The third kappa shape index (κ3) is 21.2. The molecule has 0 radical (unpaired) electrons. The third-order valence-corrected chi connectivity index (χ3v) is 11.8. The van der Waals surface area contributed by atoms with Crippen molar-refractivity contribution in [2.45, 2.75) is 146 Å². The van der Waals surface area contributed by atoms with Crippen LogP contribution in [0.3, 0.4) is 0 Å². The molecule has 0 bridgehead atoms. The number of hydrogen-bond donors (Lipinski definition) is 15. The summed E-state index contributed by atoms with van der Waals surface area (Å²) in [5.41, 5.74) is 22.1. The number of likely N-dealkylation sites (tertiary alicyclic amines) is 1. The number of nitrogens with two attached hydrogens (primary N) is 4. The van der Waals surface area contributed by atoms with E-state index < -0.39 is 182 Å². The molecule has 19 N–H and O–H groups in total. The smallest absolute Gasteiger partial charge is 0.326 e. The largest absolute Gasteiger partial charge is 0.508 e. The van der Waals surface area contributed by atoms with Gasteiger partial charge < -0.3 is 85.5 Å². The van der Waals surface area contributed by atoms with Crippen molar-refractivity contribution in [3.8, 4) is 5.75 Å². The average Bonchev–Trinajstić information content (AvgIpc) is 3.83. The number of aliphatic hydroxyl groups excluding tert-OH is 1. The molecule has 0 aliphatic carbocycles. The molecular formula is C46H70N12O17. The van der Waals surface area contributed by atoms with Gasteiger partial charge in [0.1, 0.15) is 54.1 Å². The number of nitrogens with zero attached hydrogens (tertiary/aromatic N) is 1. The summed E-state index contributed by atoms with van der Waals surface area (Å²) in [6.45, 7) is 5.19. The number of aliphatic hydroxyl groups is 1. The van der Waals surface area contributed by atoms with Gasteiger partial charge in [0, 0.05) is 32.2 Å². The molecule has 0 saturated carbocycles. The number of amides is 11. The van der Waals surface area contributed by atoms with Crippen LogP contribution < -0.4 is 60.2 Å². The molecule has 1 fully saturated rings. The van der Waals surface area contributed by atoms with E-state index in [0.717, 1.165) is 4.90 Å². The predicted octanol–water partition coefficient (Wildman–Crippen LogP) is -5.69. The van der Waals surface area contributed by atoms with Crippen LogP contribution in [-0.4, -0.2) is 170 Å². The van der Waals surface area contributed by atoms with E-state index in [1.807, 2.05) is 0 Å². The molecule has 11 amide bonds. The summed E-state index contributed by atoms with van der Waals surface area (Å²) in [4.78, 5) is 170. The van der Waals surface area contributed by atoms with Gasteiger partial charge in [-0.25, -0.2) is 4.79 Å². The molecule has 1 aliphatic rings. The van der Waals surface area contributed by atoms with E-state index >= 15 is 0 Å². The van der Waals surface area contributed by atoms with Gasteiger partial charge in [-0.2, -0.15) is 0 Å². The molecule has 1 saturated heterocycles. The summed E-state index contributed by atoms with van der Waals surface area (Å²) >= 11 is 0. The highest BCUT2D eigenvalue weighted by atomic mass is 16.4. The van der Waals surface area contributed by atoms with Crippen LogP contribution in [0.15, 0.2) is 24.3 Å². The Morgan fingerprint density at radius 2 is 1.07 bits per heavy atom. The number of aromatic hydroxyl groups is 1.